The Morgan fingerprint density at radius 2 is 2.10 bits per heavy atom. The van der Waals surface area contributed by atoms with Crippen molar-refractivity contribution in [2.45, 2.75) is 31.1 Å². The first-order chi connectivity index (χ1) is 14.7. The Morgan fingerprint density at radius 1 is 1.29 bits per heavy atom. The van der Waals surface area contributed by atoms with E-state index in [2.05, 4.69) is 27.2 Å². The van der Waals surface area contributed by atoms with Crippen molar-refractivity contribution in [2.24, 2.45) is 5.92 Å². The number of hydrogen-bond acceptors (Lipinski definition) is 3. The summed E-state index contributed by atoms with van der Waals surface area (Å²) in [6.07, 6.45) is -0.301. The van der Waals surface area contributed by atoms with Crippen LogP contribution in [0, 0.1) is 23.6 Å². The molecule has 1 aliphatic heterocycles. The Bertz CT molecular complexity index is 1240. The fraction of sp³-hybridized carbons (Fsp3) is 0.286. The highest BCUT2D eigenvalue weighted by Crippen LogP contribution is 2.45. The number of carbonyl (C=O) groups excluding carboxylic acids is 1. The van der Waals surface area contributed by atoms with Crippen molar-refractivity contribution < 1.29 is 22.4 Å². The number of fused-ring (bicyclic) bond motifs is 2. The third kappa shape index (κ3) is 3.36. The molecular formula is C21H15F4N5O. The summed E-state index contributed by atoms with van der Waals surface area (Å²) in [7, 11) is 0. The van der Waals surface area contributed by atoms with Crippen LogP contribution in [0.1, 0.15) is 24.0 Å². The minimum absolute atomic E-state index is 0.0501. The van der Waals surface area contributed by atoms with Crippen molar-refractivity contribution in [2.75, 3.05) is 5.32 Å². The van der Waals surface area contributed by atoms with Gasteiger partial charge in [0.25, 0.3) is 0 Å². The molecule has 1 fully saturated rings. The van der Waals surface area contributed by atoms with Gasteiger partial charge in [0, 0.05) is 40.5 Å². The van der Waals surface area contributed by atoms with E-state index in [1.165, 1.54) is 10.7 Å². The summed E-state index contributed by atoms with van der Waals surface area (Å²) in [5.41, 5.74) is -3.06. The van der Waals surface area contributed by atoms with Gasteiger partial charge in [-0.2, -0.15) is 18.3 Å². The molecule has 2 aromatic heterocycles. The fourth-order valence-corrected chi connectivity index (χ4v) is 3.54. The second-order valence-corrected chi connectivity index (χ2v) is 7.60. The molecule has 2 N–H and O–H groups in total. The molecule has 0 bridgehead atoms. The molecular weight excluding hydrogens is 414 g/mol. The van der Waals surface area contributed by atoms with Crippen molar-refractivity contribution in [3.8, 4) is 11.8 Å². The Morgan fingerprint density at radius 3 is 2.81 bits per heavy atom. The lowest BCUT2D eigenvalue weighted by molar-refractivity contribution is -0.178. The summed E-state index contributed by atoms with van der Waals surface area (Å²) in [5, 5.41) is 9.20. The van der Waals surface area contributed by atoms with E-state index in [0.29, 0.717) is 18.5 Å². The minimum Gasteiger partial charge on any atom is -0.310 e. The molecule has 1 saturated carbocycles. The number of nitrogens with one attached hydrogen (secondary N) is 2. The van der Waals surface area contributed by atoms with Crippen LogP contribution in [0.4, 0.5) is 28.0 Å². The molecule has 31 heavy (non-hydrogen) atoms. The van der Waals surface area contributed by atoms with Gasteiger partial charge in [-0.25, -0.2) is 14.2 Å². The molecule has 1 atom stereocenters. The number of benzene rings is 1. The Labute approximate surface area is 173 Å². The maximum absolute atomic E-state index is 14.9. The second-order valence-electron chi connectivity index (χ2n) is 7.60. The van der Waals surface area contributed by atoms with Crippen molar-refractivity contribution >= 4 is 22.8 Å². The second kappa shape index (κ2) is 6.70. The van der Waals surface area contributed by atoms with Crippen LogP contribution in [0.3, 0.4) is 0 Å². The van der Waals surface area contributed by atoms with E-state index in [4.69, 9.17) is 0 Å². The predicted octanol–water partition coefficient (Wildman–Crippen LogP) is 3.92. The molecule has 3 heterocycles. The fourth-order valence-electron chi connectivity index (χ4n) is 3.54. The molecule has 0 radical (unpaired) electrons. The van der Waals surface area contributed by atoms with Crippen LogP contribution in [-0.2, 0) is 12.1 Å². The SMILES string of the molecule is O=C1Nc2cc(Cn3cc4cccnc4n3)c(F)cc2[C@@](C#CC2CC2)(C(F)(F)F)N1. The van der Waals surface area contributed by atoms with E-state index in [9.17, 15) is 22.4 Å². The molecule has 10 heteroatoms. The third-order valence-electron chi connectivity index (χ3n) is 5.27. The molecule has 158 valence electrons. The lowest BCUT2D eigenvalue weighted by atomic mass is 9.85. The summed E-state index contributed by atoms with van der Waals surface area (Å²) in [4.78, 5) is 16.2. The van der Waals surface area contributed by atoms with Crippen LogP contribution in [0.2, 0.25) is 0 Å². The van der Waals surface area contributed by atoms with Crippen LogP contribution in [0.5, 0.6) is 0 Å². The minimum atomic E-state index is -4.94. The van der Waals surface area contributed by atoms with E-state index < -0.39 is 29.1 Å². The first kappa shape index (κ1) is 19.4. The first-order valence-electron chi connectivity index (χ1n) is 9.55. The van der Waals surface area contributed by atoms with Gasteiger partial charge in [-0.05, 0) is 37.1 Å². The molecule has 0 spiro atoms. The Hall–Kier alpha value is -3.61. The number of hydrogen-bond donors (Lipinski definition) is 2. The zero-order chi connectivity index (χ0) is 21.8. The summed E-state index contributed by atoms with van der Waals surface area (Å²) >= 11 is 0. The van der Waals surface area contributed by atoms with Crippen LogP contribution >= 0.6 is 0 Å². The number of halogens is 4. The van der Waals surface area contributed by atoms with E-state index in [1.807, 2.05) is 5.32 Å². The zero-order valence-electron chi connectivity index (χ0n) is 15.9. The largest absolute Gasteiger partial charge is 0.427 e. The number of rotatable bonds is 2. The summed E-state index contributed by atoms with van der Waals surface area (Å²) in [6, 6.07) is 4.45. The number of aromatic nitrogens is 3. The molecule has 3 aromatic rings. The van der Waals surface area contributed by atoms with Gasteiger partial charge in [0.05, 0.1) is 6.54 Å². The van der Waals surface area contributed by atoms with Crippen molar-refractivity contribution in [1.82, 2.24) is 20.1 Å². The van der Waals surface area contributed by atoms with Gasteiger partial charge in [-0.15, -0.1) is 0 Å². The maximum Gasteiger partial charge on any atom is 0.427 e. The van der Waals surface area contributed by atoms with Gasteiger partial charge in [0.15, 0.2) is 5.65 Å². The highest BCUT2D eigenvalue weighted by molar-refractivity contribution is 5.95. The summed E-state index contributed by atoms with van der Waals surface area (Å²) < 4.78 is 58.8. The number of amides is 2. The molecule has 6 nitrogen and oxygen atoms in total. The van der Waals surface area contributed by atoms with E-state index in [0.717, 1.165) is 11.5 Å². The van der Waals surface area contributed by atoms with Crippen LogP contribution < -0.4 is 10.6 Å². The average Bonchev–Trinajstić information content (AvgIpc) is 3.44. The molecule has 1 aliphatic carbocycles. The van der Waals surface area contributed by atoms with Gasteiger partial charge >= 0.3 is 12.2 Å². The van der Waals surface area contributed by atoms with E-state index >= 15 is 0 Å². The highest BCUT2D eigenvalue weighted by atomic mass is 19.4. The smallest absolute Gasteiger partial charge is 0.310 e. The van der Waals surface area contributed by atoms with Crippen LogP contribution in [0.15, 0.2) is 36.7 Å². The predicted molar refractivity (Wildman–Crippen MR) is 103 cm³/mol. The van der Waals surface area contributed by atoms with Crippen LogP contribution in [-0.4, -0.2) is 27.0 Å². The number of anilines is 1. The number of pyridine rings is 1. The molecule has 2 amide bonds. The Balaban J connectivity index is 1.59. The number of urea groups is 1. The van der Waals surface area contributed by atoms with E-state index in [1.54, 1.807) is 24.5 Å². The average molecular weight is 429 g/mol. The maximum atomic E-state index is 14.9. The van der Waals surface area contributed by atoms with Crippen molar-refractivity contribution in [1.29, 1.82) is 0 Å². The summed E-state index contributed by atoms with van der Waals surface area (Å²) in [6.45, 7) is -0.0501. The van der Waals surface area contributed by atoms with Gasteiger partial charge in [-0.3, -0.25) is 4.68 Å². The molecule has 0 saturated heterocycles. The molecule has 1 aromatic carbocycles. The van der Waals surface area contributed by atoms with Crippen molar-refractivity contribution in [3.05, 3.63) is 53.6 Å². The topological polar surface area (TPSA) is 71.8 Å². The standard InChI is InChI=1S/C21H15F4N5O/c22-16-9-15-17(8-14(16)11-30-10-13-2-1-7-26-18(13)29-30)27-19(31)28-20(15,21(23,24)25)6-5-12-3-4-12/h1-2,7-10,12H,3-4,11H2,(H2,27,28,31)/t20-/m0/s1. The van der Waals surface area contributed by atoms with Gasteiger partial charge in [-0.1, -0.05) is 11.8 Å². The molecule has 5 rings (SSSR count). The number of nitrogens with zero attached hydrogens (tertiary/aromatic N) is 3. The van der Waals surface area contributed by atoms with Crippen molar-refractivity contribution in [3.63, 3.8) is 0 Å². The van der Waals surface area contributed by atoms with Gasteiger partial charge < -0.3 is 10.6 Å². The lowest BCUT2D eigenvalue weighted by Gasteiger charge is -2.37. The number of alkyl halides is 3. The van der Waals surface area contributed by atoms with E-state index in [-0.39, 0.29) is 23.7 Å². The zero-order valence-corrected chi connectivity index (χ0v) is 15.9. The van der Waals surface area contributed by atoms with Gasteiger partial charge in [0.1, 0.15) is 5.82 Å². The Kier molecular flexibility index (Phi) is 4.18. The first-order valence-corrected chi connectivity index (χ1v) is 9.55. The summed E-state index contributed by atoms with van der Waals surface area (Å²) in [5.74, 6) is 3.77. The van der Waals surface area contributed by atoms with Gasteiger partial charge in [0.2, 0.25) is 5.54 Å². The van der Waals surface area contributed by atoms with Crippen LogP contribution in [0.25, 0.3) is 11.0 Å². The molecule has 2 aliphatic rings. The monoisotopic (exact) mass is 429 g/mol. The number of carbonyl (C=O) groups is 1. The molecule has 0 unspecified atom stereocenters. The normalized spacial score (nSPS) is 20.5. The highest BCUT2D eigenvalue weighted by Gasteiger charge is 2.59. The third-order valence-corrected chi connectivity index (χ3v) is 5.27. The lowest BCUT2D eigenvalue weighted by Crippen LogP contribution is -2.59. The quantitative estimate of drug-likeness (QED) is 0.479.